The van der Waals surface area contributed by atoms with Crippen LogP contribution >= 0.6 is 0 Å². The predicted octanol–water partition coefficient (Wildman–Crippen LogP) is 4.43. The summed E-state index contributed by atoms with van der Waals surface area (Å²) in [5.41, 5.74) is 1.83. The maximum Gasteiger partial charge on any atom is 0.126 e. The van der Waals surface area contributed by atoms with Crippen molar-refractivity contribution >= 4 is 35.6 Å². The Kier molecular flexibility index (Phi) is 13.5. The first-order chi connectivity index (χ1) is 12.7. The van der Waals surface area contributed by atoms with Gasteiger partial charge in [0, 0.05) is 36.2 Å². The number of epoxide rings is 1. The summed E-state index contributed by atoms with van der Waals surface area (Å²) in [5.74, 6) is 0. The third kappa shape index (κ3) is 10.2. The Balaban J connectivity index is 0.00000364. The van der Waals surface area contributed by atoms with Crippen molar-refractivity contribution in [2.45, 2.75) is 89.4 Å². The third-order valence-corrected chi connectivity index (χ3v) is 4.91. The van der Waals surface area contributed by atoms with E-state index in [4.69, 9.17) is 9.84 Å². The molecule has 147 valence electrons. The van der Waals surface area contributed by atoms with Crippen LogP contribution in [0.15, 0.2) is 24.3 Å². The number of aromatic nitrogens is 1. The molecule has 1 saturated heterocycles. The van der Waals surface area contributed by atoms with Crippen LogP contribution in [0.4, 0.5) is 0 Å². The van der Waals surface area contributed by atoms with Gasteiger partial charge in [0.1, 0.15) is 6.10 Å². The minimum Gasteiger partial charge on any atom is -0.396 e. The number of hydrogen-bond acceptors (Lipinski definition) is 4. The minimum absolute atomic E-state index is 0. The molecule has 1 aromatic rings. The van der Waals surface area contributed by atoms with Crippen LogP contribution in [0, 0.1) is 0 Å². The molecule has 1 radical (unpaired) electrons. The van der Waals surface area contributed by atoms with Crippen molar-refractivity contribution in [1.29, 1.82) is 0 Å². The molecule has 0 saturated carbocycles. The van der Waals surface area contributed by atoms with Gasteiger partial charge in [-0.3, -0.25) is 4.98 Å². The summed E-state index contributed by atoms with van der Waals surface area (Å²) in [4.78, 5) is 4.64. The number of aliphatic hydroxyl groups is 2. The smallest absolute Gasteiger partial charge is 0.126 e. The van der Waals surface area contributed by atoms with Crippen LogP contribution < -0.4 is 0 Å². The van der Waals surface area contributed by atoms with Gasteiger partial charge in [0.05, 0.1) is 23.6 Å². The van der Waals surface area contributed by atoms with Crippen molar-refractivity contribution in [1.82, 2.24) is 4.98 Å². The molecule has 3 atom stereocenters. The van der Waals surface area contributed by atoms with E-state index < -0.39 is 6.10 Å². The van der Waals surface area contributed by atoms with E-state index in [1.807, 2.05) is 30.4 Å². The van der Waals surface area contributed by atoms with Crippen LogP contribution in [0.2, 0.25) is 0 Å². The molecule has 1 fully saturated rings. The molecule has 27 heavy (non-hydrogen) atoms. The fourth-order valence-electron chi connectivity index (χ4n) is 3.24. The van der Waals surface area contributed by atoms with Gasteiger partial charge in [-0.15, -0.1) is 0 Å². The summed E-state index contributed by atoms with van der Waals surface area (Å²) in [6.07, 6.45) is 14.8. The predicted molar refractivity (Wildman–Crippen MR) is 112 cm³/mol. The zero-order valence-electron chi connectivity index (χ0n) is 17.1. The molecule has 2 rings (SSSR count). The van der Waals surface area contributed by atoms with Gasteiger partial charge in [-0.25, -0.2) is 0 Å². The third-order valence-electron chi connectivity index (χ3n) is 4.91. The summed E-state index contributed by atoms with van der Waals surface area (Å²) in [6.45, 7) is 2.47. The Bertz CT molecular complexity index is 538. The van der Waals surface area contributed by atoms with Crippen molar-refractivity contribution in [3.05, 3.63) is 35.7 Å². The summed E-state index contributed by atoms with van der Waals surface area (Å²) < 4.78 is 5.71. The maximum atomic E-state index is 10.1. The van der Waals surface area contributed by atoms with Gasteiger partial charge in [-0.1, -0.05) is 57.6 Å². The van der Waals surface area contributed by atoms with Crippen molar-refractivity contribution < 1.29 is 14.9 Å². The normalized spacial score (nSPS) is 19.8. The maximum absolute atomic E-state index is 10.1. The number of nitrogens with zero attached hydrogens (tertiary/aromatic N) is 1. The quantitative estimate of drug-likeness (QED) is 0.283. The number of aliphatic hydroxyl groups excluding tert-OH is 2. The Hall–Kier alpha value is -0.230. The molecular formula is C22H35NNaO3. The summed E-state index contributed by atoms with van der Waals surface area (Å²) >= 11 is 0. The van der Waals surface area contributed by atoms with E-state index in [-0.39, 0.29) is 48.4 Å². The van der Waals surface area contributed by atoms with Crippen molar-refractivity contribution in [2.75, 3.05) is 6.61 Å². The molecule has 0 amide bonds. The molecule has 0 spiro atoms. The monoisotopic (exact) mass is 384 g/mol. The zero-order chi connectivity index (χ0) is 18.6. The SMILES string of the molecule is CCCCCCCCC(O)C=Cc1cccc(C2OC2CCCCO)n1.[Na]. The fourth-order valence-corrected chi connectivity index (χ4v) is 3.24. The first-order valence-electron chi connectivity index (χ1n) is 10.3. The average Bonchev–Trinajstić information content (AvgIpc) is 3.43. The van der Waals surface area contributed by atoms with Gasteiger partial charge in [-0.2, -0.15) is 0 Å². The van der Waals surface area contributed by atoms with Crippen LogP contribution in [0.1, 0.15) is 88.6 Å². The minimum atomic E-state index is -0.393. The van der Waals surface area contributed by atoms with Crippen LogP contribution in [0.25, 0.3) is 6.08 Å². The second kappa shape index (κ2) is 14.7. The molecule has 1 aliphatic rings. The molecule has 5 heteroatoms. The molecular weight excluding hydrogens is 349 g/mol. The number of ether oxygens (including phenoxy) is 1. The summed E-state index contributed by atoms with van der Waals surface area (Å²) in [5, 5.41) is 19.0. The van der Waals surface area contributed by atoms with Crippen LogP contribution in [0.3, 0.4) is 0 Å². The second-order valence-electron chi connectivity index (χ2n) is 7.28. The van der Waals surface area contributed by atoms with Crippen LogP contribution in [-0.2, 0) is 4.74 Å². The van der Waals surface area contributed by atoms with Crippen molar-refractivity contribution in [2.24, 2.45) is 0 Å². The molecule has 0 aromatic carbocycles. The zero-order valence-corrected chi connectivity index (χ0v) is 19.1. The summed E-state index contributed by atoms with van der Waals surface area (Å²) in [7, 11) is 0. The fraction of sp³-hybridized carbons (Fsp3) is 0.682. The number of pyridine rings is 1. The average molecular weight is 385 g/mol. The van der Waals surface area contributed by atoms with E-state index in [2.05, 4.69) is 11.9 Å². The Labute approximate surface area is 186 Å². The Morgan fingerprint density at radius 2 is 1.89 bits per heavy atom. The number of unbranched alkanes of at least 4 members (excludes halogenated alkanes) is 6. The molecule has 2 heterocycles. The standard InChI is InChI=1S/C22H35NO3.Na/c1-2-3-4-5-6-7-12-19(25)16-15-18-11-10-13-20(23-18)22-21(26-22)14-8-9-17-24;/h10-11,13,15-16,19,21-22,24-25H,2-9,12,14,17H2,1H3;. The van der Waals surface area contributed by atoms with E-state index in [1.165, 1.54) is 32.1 Å². The molecule has 0 aliphatic carbocycles. The Morgan fingerprint density at radius 1 is 1.11 bits per heavy atom. The molecule has 1 aliphatic heterocycles. The van der Waals surface area contributed by atoms with Crippen LogP contribution in [0.5, 0.6) is 0 Å². The molecule has 0 bridgehead atoms. The van der Waals surface area contributed by atoms with Crippen molar-refractivity contribution in [3.63, 3.8) is 0 Å². The Morgan fingerprint density at radius 3 is 2.67 bits per heavy atom. The molecule has 1 aromatic heterocycles. The van der Waals surface area contributed by atoms with Gasteiger partial charge in [-0.05, 0) is 43.9 Å². The van der Waals surface area contributed by atoms with Gasteiger partial charge in [0.15, 0.2) is 0 Å². The van der Waals surface area contributed by atoms with Gasteiger partial charge in [0.2, 0.25) is 0 Å². The van der Waals surface area contributed by atoms with Gasteiger partial charge in [0.25, 0.3) is 0 Å². The van der Waals surface area contributed by atoms with E-state index in [9.17, 15) is 5.11 Å². The topological polar surface area (TPSA) is 65.9 Å². The first kappa shape index (κ1) is 24.8. The van der Waals surface area contributed by atoms with Crippen molar-refractivity contribution in [3.8, 4) is 0 Å². The number of rotatable bonds is 14. The van der Waals surface area contributed by atoms with Gasteiger partial charge < -0.3 is 14.9 Å². The second-order valence-corrected chi connectivity index (χ2v) is 7.28. The van der Waals surface area contributed by atoms with E-state index >= 15 is 0 Å². The largest absolute Gasteiger partial charge is 0.396 e. The van der Waals surface area contributed by atoms with Crippen LogP contribution in [-0.4, -0.2) is 63.6 Å². The van der Waals surface area contributed by atoms with E-state index in [1.54, 1.807) is 0 Å². The van der Waals surface area contributed by atoms with E-state index in [0.29, 0.717) is 0 Å². The summed E-state index contributed by atoms with van der Waals surface area (Å²) in [6, 6.07) is 5.95. The van der Waals surface area contributed by atoms with E-state index in [0.717, 1.165) is 43.5 Å². The number of hydrogen-bond donors (Lipinski definition) is 2. The first-order valence-corrected chi connectivity index (χ1v) is 10.3. The van der Waals surface area contributed by atoms with Gasteiger partial charge >= 0.3 is 0 Å². The molecule has 4 nitrogen and oxygen atoms in total. The molecule has 2 N–H and O–H groups in total. The molecule has 3 unspecified atom stereocenters.